The van der Waals surface area contributed by atoms with Gasteiger partial charge in [0.05, 0.1) is 0 Å². The van der Waals surface area contributed by atoms with Crippen molar-refractivity contribution in [2.24, 2.45) is 0 Å². The van der Waals surface area contributed by atoms with Gasteiger partial charge in [0, 0.05) is 19.3 Å². The molecule has 6 nitrogen and oxygen atoms in total. The number of esters is 3. The maximum absolute atomic E-state index is 12.9. The van der Waals surface area contributed by atoms with Crippen LogP contribution in [0.3, 0.4) is 0 Å². The fraction of sp³-hybridized carbons (Fsp3) is 0.797. The molecule has 0 rings (SSSR count). The molecule has 0 aromatic carbocycles. The van der Waals surface area contributed by atoms with Crippen LogP contribution in [0.15, 0.2) is 72.9 Å². The van der Waals surface area contributed by atoms with Crippen molar-refractivity contribution in [2.45, 2.75) is 367 Å². The largest absolute Gasteiger partial charge is 0.462 e. The first-order valence-electron chi connectivity index (χ1n) is 34.9. The Hall–Kier alpha value is -3.15. The summed E-state index contributed by atoms with van der Waals surface area (Å²) in [4.78, 5) is 38.5. The van der Waals surface area contributed by atoms with E-state index in [0.717, 1.165) is 109 Å². The summed E-state index contributed by atoms with van der Waals surface area (Å²) in [7, 11) is 0. The Morgan fingerprint density at radius 2 is 0.487 bits per heavy atom. The first-order chi connectivity index (χ1) is 39.5. The van der Waals surface area contributed by atoms with Crippen LogP contribution in [-0.4, -0.2) is 37.2 Å². The van der Waals surface area contributed by atoms with E-state index >= 15 is 0 Å². The second-order valence-electron chi connectivity index (χ2n) is 23.4. The highest BCUT2D eigenvalue weighted by molar-refractivity contribution is 5.71. The van der Waals surface area contributed by atoms with Crippen molar-refractivity contribution in [1.29, 1.82) is 0 Å². The average molecular weight is 1120 g/mol. The number of carbonyl (C=O) groups is 3. The second kappa shape index (κ2) is 68.3. The number of rotatable bonds is 64. The summed E-state index contributed by atoms with van der Waals surface area (Å²) in [5, 5.41) is 0. The molecular formula is C74H132O6. The Morgan fingerprint density at radius 1 is 0.263 bits per heavy atom. The van der Waals surface area contributed by atoms with E-state index in [9.17, 15) is 14.4 Å². The first kappa shape index (κ1) is 76.9. The fourth-order valence-electron chi connectivity index (χ4n) is 10.2. The number of hydrogen-bond donors (Lipinski definition) is 0. The van der Waals surface area contributed by atoms with E-state index in [4.69, 9.17) is 14.2 Å². The highest BCUT2D eigenvalue weighted by Gasteiger charge is 2.19. The van der Waals surface area contributed by atoms with Gasteiger partial charge < -0.3 is 14.2 Å². The molecule has 0 spiro atoms. The number of ether oxygens (including phenoxy) is 3. The predicted octanol–water partition coefficient (Wildman–Crippen LogP) is 24.1. The molecule has 0 aromatic rings. The minimum atomic E-state index is -0.788. The van der Waals surface area contributed by atoms with Crippen LogP contribution in [0.1, 0.15) is 361 Å². The van der Waals surface area contributed by atoms with Crippen molar-refractivity contribution in [2.75, 3.05) is 13.2 Å². The van der Waals surface area contributed by atoms with Gasteiger partial charge in [-0.25, -0.2) is 0 Å². The van der Waals surface area contributed by atoms with Crippen molar-refractivity contribution in [3.63, 3.8) is 0 Å². The molecule has 0 bridgehead atoms. The second-order valence-corrected chi connectivity index (χ2v) is 23.4. The van der Waals surface area contributed by atoms with Crippen LogP contribution in [0.5, 0.6) is 0 Å². The number of hydrogen-bond acceptors (Lipinski definition) is 6. The summed E-state index contributed by atoms with van der Waals surface area (Å²) in [6.07, 6.45) is 89.2. The first-order valence-corrected chi connectivity index (χ1v) is 34.9. The minimum Gasteiger partial charge on any atom is -0.462 e. The lowest BCUT2D eigenvalue weighted by Gasteiger charge is -2.18. The van der Waals surface area contributed by atoms with E-state index in [0.29, 0.717) is 19.3 Å². The molecule has 0 saturated carbocycles. The molecule has 6 heteroatoms. The summed E-state index contributed by atoms with van der Waals surface area (Å²) in [5.74, 6) is -0.884. The predicted molar refractivity (Wildman–Crippen MR) is 348 cm³/mol. The van der Waals surface area contributed by atoms with Gasteiger partial charge in [0.2, 0.25) is 0 Å². The molecule has 80 heavy (non-hydrogen) atoms. The van der Waals surface area contributed by atoms with Crippen molar-refractivity contribution in [3.8, 4) is 0 Å². The zero-order valence-corrected chi connectivity index (χ0v) is 53.3. The van der Waals surface area contributed by atoms with E-state index in [-0.39, 0.29) is 31.1 Å². The van der Waals surface area contributed by atoms with Crippen LogP contribution < -0.4 is 0 Å². The summed E-state index contributed by atoms with van der Waals surface area (Å²) in [6.45, 7) is 6.56. The zero-order valence-electron chi connectivity index (χ0n) is 53.3. The van der Waals surface area contributed by atoms with E-state index in [1.54, 1.807) is 0 Å². The van der Waals surface area contributed by atoms with Gasteiger partial charge in [0.1, 0.15) is 13.2 Å². The van der Waals surface area contributed by atoms with Gasteiger partial charge >= 0.3 is 17.9 Å². The van der Waals surface area contributed by atoms with Crippen LogP contribution in [0.25, 0.3) is 0 Å². The molecule has 0 aliphatic heterocycles. The van der Waals surface area contributed by atoms with Gasteiger partial charge in [0.15, 0.2) is 6.10 Å². The van der Waals surface area contributed by atoms with Gasteiger partial charge in [-0.05, 0) is 89.9 Å². The molecule has 0 radical (unpaired) electrons. The number of allylic oxidation sites excluding steroid dienone is 12. The Labute approximate surface area is 497 Å². The van der Waals surface area contributed by atoms with Crippen molar-refractivity contribution < 1.29 is 28.6 Å². The number of unbranched alkanes of at least 4 members (excludes halogenated alkanes) is 41. The molecule has 0 heterocycles. The van der Waals surface area contributed by atoms with Crippen molar-refractivity contribution in [3.05, 3.63) is 72.9 Å². The lowest BCUT2D eigenvalue weighted by molar-refractivity contribution is -0.167. The van der Waals surface area contributed by atoms with Crippen molar-refractivity contribution >= 4 is 17.9 Å². The third-order valence-corrected chi connectivity index (χ3v) is 15.4. The van der Waals surface area contributed by atoms with Crippen LogP contribution in [0.4, 0.5) is 0 Å². The van der Waals surface area contributed by atoms with E-state index < -0.39 is 6.10 Å². The molecule has 0 aromatic heterocycles. The third kappa shape index (κ3) is 65.7. The van der Waals surface area contributed by atoms with Gasteiger partial charge in [-0.3, -0.25) is 14.4 Å². The Bertz CT molecular complexity index is 1470. The minimum absolute atomic E-state index is 0.0814. The summed E-state index contributed by atoms with van der Waals surface area (Å²) < 4.78 is 17.0. The number of carbonyl (C=O) groups excluding carboxylic acids is 3. The topological polar surface area (TPSA) is 78.9 Å². The summed E-state index contributed by atoms with van der Waals surface area (Å²) in [5.41, 5.74) is 0. The molecule has 1 unspecified atom stereocenters. The fourth-order valence-corrected chi connectivity index (χ4v) is 10.2. The van der Waals surface area contributed by atoms with Gasteiger partial charge in [-0.1, -0.05) is 325 Å². The lowest BCUT2D eigenvalue weighted by atomic mass is 10.0. The maximum atomic E-state index is 12.9. The van der Waals surface area contributed by atoms with Gasteiger partial charge in [0.25, 0.3) is 0 Å². The van der Waals surface area contributed by atoms with E-state index in [1.807, 2.05) is 0 Å². The quantitative estimate of drug-likeness (QED) is 0.0261. The molecule has 0 aliphatic carbocycles. The van der Waals surface area contributed by atoms with Crippen LogP contribution in [0.2, 0.25) is 0 Å². The molecule has 0 aliphatic rings. The van der Waals surface area contributed by atoms with Gasteiger partial charge in [-0.2, -0.15) is 0 Å². The van der Waals surface area contributed by atoms with Crippen molar-refractivity contribution in [1.82, 2.24) is 0 Å². The monoisotopic (exact) mass is 1120 g/mol. The molecule has 0 amide bonds. The summed E-state index contributed by atoms with van der Waals surface area (Å²) in [6, 6.07) is 0. The van der Waals surface area contributed by atoms with Crippen LogP contribution >= 0.6 is 0 Å². The highest BCUT2D eigenvalue weighted by Crippen LogP contribution is 2.18. The standard InChI is InChI=1S/C74H132O6/c1-4-7-10-13-16-19-22-25-28-31-33-35-36-37-39-40-43-46-49-52-55-58-61-64-67-73(76)79-70-71(69-78-72(75)66-63-60-57-54-51-48-45-42-30-27-24-21-18-15-12-9-6-3)80-74(77)68-65-62-59-56-53-50-47-44-41-38-34-32-29-26-23-20-17-14-11-8-5-2/h8,11,17,20,26-27,29-30,34,38,44,47,71H,4-7,9-10,12-16,18-19,21-25,28,31-33,35-37,39-43,45-46,48-70H2,1-3H3/b11-8-,20-17-,29-26-,30-27-,38-34-,47-44-. The smallest absolute Gasteiger partial charge is 0.306 e. The Kier molecular flexibility index (Phi) is 65.7. The molecule has 0 fully saturated rings. The zero-order chi connectivity index (χ0) is 57.8. The average Bonchev–Trinajstić information content (AvgIpc) is 3.46. The third-order valence-electron chi connectivity index (χ3n) is 15.4. The normalized spacial score (nSPS) is 12.5. The lowest BCUT2D eigenvalue weighted by Crippen LogP contribution is -2.30. The molecule has 1 atom stereocenters. The Morgan fingerprint density at radius 3 is 0.775 bits per heavy atom. The molecule has 464 valence electrons. The summed E-state index contributed by atoms with van der Waals surface area (Å²) >= 11 is 0. The van der Waals surface area contributed by atoms with Crippen LogP contribution in [-0.2, 0) is 28.6 Å². The van der Waals surface area contributed by atoms with Gasteiger partial charge in [-0.15, -0.1) is 0 Å². The Balaban J connectivity index is 4.36. The molecule has 0 saturated heterocycles. The van der Waals surface area contributed by atoms with E-state index in [2.05, 4.69) is 93.7 Å². The van der Waals surface area contributed by atoms with Crippen LogP contribution in [0, 0.1) is 0 Å². The molecular weight excluding hydrogens is 985 g/mol. The van der Waals surface area contributed by atoms with E-state index in [1.165, 1.54) is 212 Å². The SMILES string of the molecule is CC/C=C\C/C=C\C/C=C\C/C=C\C/C=C\CCCCCCCC(=O)OC(COC(=O)CCCCCCCCC/C=C\CCCCCCCC)COC(=O)CCCCCCCCCCCCCCCCCCCCCCCCCC. The highest BCUT2D eigenvalue weighted by atomic mass is 16.6. The molecule has 0 N–H and O–H groups in total. The maximum Gasteiger partial charge on any atom is 0.306 e.